The molecule has 0 bridgehead atoms. The number of hydrogen-bond acceptors (Lipinski definition) is 6. The van der Waals surface area contributed by atoms with E-state index in [0.717, 1.165) is 56.9 Å². The summed E-state index contributed by atoms with van der Waals surface area (Å²) in [5.74, 6) is 0.533. The van der Waals surface area contributed by atoms with Crippen molar-refractivity contribution in [3.63, 3.8) is 0 Å². The molecule has 0 N–H and O–H groups in total. The third-order valence-corrected chi connectivity index (χ3v) is 9.69. The van der Waals surface area contributed by atoms with Gasteiger partial charge in [-0.3, -0.25) is 9.59 Å². The number of aryl methyl sites for hydroxylation is 4. The Morgan fingerprint density at radius 1 is 0.943 bits per heavy atom. The summed E-state index contributed by atoms with van der Waals surface area (Å²) in [6, 6.07) is 13.7. The number of hydrogen-bond donors (Lipinski definition) is 0. The lowest BCUT2D eigenvalue weighted by molar-refractivity contribution is -0.122. The normalized spacial score (nSPS) is 12.7. The predicted octanol–water partition coefficient (Wildman–Crippen LogP) is 9.83. The Kier molecular flexibility index (Phi) is 24.1. The minimum absolute atomic E-state index is 0.0145. The number of amides is 1. The van der Waals surface area contributed by atoms with Gasteiger partial charge in [-0.15, -0.1) is 0 Å². The molecule has 1 aliphatic heterocycles. The summed E-state index contributed by atoms with van der Waals surface area (Å²) in [5, 5.41) is 0. The van der Waals surface area contributed by atoms with Crippen LogP contribution in [0, 0.1) is 20.8 Å². The third-order valence-electron chi connectivity index (χ3n) is 9.69. The Labute approximate surface area is 324 Å². The highest BCUT2D eigenvalue weighted by molar-refractivity contribution is 5.79. The maximum atomic E-state index is 11.5. The molecule has 4 rings (SSSR count). The fraction of sp³-hybridized carbons (Fsp3) is 0.622. The van der Waals surface area contributed by atoms with E-state index < -0.39 is 0 Å². The molecule has 1 saturated heterocycles. The Hall–Kier alpha value is -3.65. The molecule has 298 valence electrons. The Morgan fingerprint density at radius 2 is 1.55 bits per heavy atom. The van der Waals surface area contributed by atoms with Crippen LogP contribution in [-0.2, 0) is 27.8 Å². The number of piperidine rings is 1. The van der Waals surface area contributed by atoms with E-state index in [2.05, 4.69) is 93.8 Å². The zero-order valence-corrected chi connectivity index (χ0v) is 35.5. The van der Waals surface area contributed by atoms with Crippen molar-refractivity contribution in [2.75, 3.05) is 39.3 Å². The number of benzene rings is 2. The first-order valence-corrected chi connectivity index (χ1v) is 20.4. The average molecular weight is 734 g/mol. The molecule has 1 aromatic heterocycles. The van der Waals surface area contributed by atoms with E-state index in [0.29, 0.717) is 5.88 Å². The van der Waals surface area contributed by atoms with Gasteiger partial charge in [0.15, 0.2) is 11.7 Å². The number of nitrogens with zero attached hydrogens (tertiary/aromatic N) is 5. The van der Waals surface area contributed by atoms with Crippen molar-refractivity contribution < 1.29 is 14.3 Å². The van der Waals surface area contributed by atoms with Crippen molar-refractivity contribution in [3.05, 3.63) is 77.4 Å². The molecule has 0 aliphatic carbocycles. The molecule has 1 aliphatic rings. The Balaban J connectivity index is 0.000000424. The van der Waals surface area contributed by atoms with Crippen LogP contribution in [0.2, 0.25) is 0 Å². The molecule has 3 aromatic rings. The van der Waals surface area contributed by atoms with Gasteiger partial charge in [0, 0.05) is 38.8 Å². The predicted molar refractivity (Wildman–Crippen MR) is 225 cm³/mol. The monoisotopic (exact) mass is 734 g/mol. The number of fused-ring (bicyclic) bond motifs is 1. The fourth-order valence-electron chi connectivity index (χ4n) is 7.11. The maximum Gasteiger partial charge on any atom is 0.209 e. The van der Waals surface area contributed by atoms with Gasteiger partial charge in [-0.05, 0) is 121 Å². The van der Waals surface area contributed by atoms with Crippen LogP contribution < -0.4 is 0 Å². The van der Waals surface area contributed by atoms with Crippen molar-refractivity contribution >= 4 is 23.2 Å². The zero-order chi connectivity index (χ0) is 39.8. The second-order valence-corrected chi connectivity index (χ2v) is 14.2. The molecule has 0 spiro atoms. The summed E-state index contributed by atoms with van der Waals surface area (Å²) < 4.78 is 7.44. The van der Waals surface area contributed by atoms with Gasteiger partial charge in [-0.2, -0.15) is 0 Å². The topological polar surface area (TPSA) is 70.9 Å². The molecular formula is C45H75N5O3. The number of ether oxygens (including phenoxy) is 1. The largest absolute Gasteiger partial charge is 0.472 e. The van der Waals surface area contributed by atoms with Crippen LogP contribution in [0.1, 0.15) is 122 Å². The molecule has 0 radical (unpaired) electrons. The van der Waals surface area contributed by atoms with Crippen molar-refractivity contribution in [1.82, 2.24) is 24.3 Å². The average Bonchev–Trinajstić information content (AvgIpc) is 3.53. The lowest BCUT2D eigenvalue weighted by Gasteiger charge is -2.38. The summed E-state index contributed by atoms with van der Waals surface area (Å²) in [7, 11) is 2.03. The molecule has 0 saturated carbocycles. The number of carbonyl (C=O) groups is 2. The molecule has 1 amide bonds. The number of aromatic nitrogens is 2. The minimum Gasteiger partial charge on any atom is -0.472 e. The van der Waals surface area contributed by atoms with Gasteiger partial charge in [0.05, 0.1) is 17.4 Å². The van der Waals surface area contributed by atoms with Gasteiger partial charge in [0.25, 0.3) is 0 Å². The summed E-state index contributed by atoms with van der Waals surface area (Å²) in [6.45, 7) is 29.9. The van der Waals surface area contributed by atoms with E-state index in [9.17, 15) is 9.59 Å². The molecule has 8 nitrogen and oxygen atoms in total. The third kappa shape index (κ3) is 16.9. The van der Waals surface area contributed by atoms with E-state index >= 15 is 0 Å². The molecule has 53 heavy (non-hydrogen) atoms. The highest BCUT2D eigenvalue weighted by atomic mass is 16.5. The lowest BCUT2D eigenvalue weighted by Crippen LogP contribution is -2.45. The zero-order valence-electron chi connectivity index (χ0n) is 35.5. The fourth-order valence-corrected chi connectivity index (χ4v) is 7.11. The van der Waals surface area contributed by atoms with Crippen LogP contribution in [-0.4, -0.2) is 87.9 Å². The lowest BCUT2D eigenvalue weighted by atomic mass is 10.0. The summed E-state index contributed by atoms with van der Waals surface area (Å²) in [5.41, 5.74) is 7.46. The van der Waals surface area contributed by atoms with Crippen LogP contribution in [0.3, 0.4) is 0 Å². The molecule has 1 fully saturated rings. The number of imidazole rings is 1. The Bertz CT molecular complexity index is 1430. The molecule has 0 unspecified atom stereocenters. The molecule has 0 atom stereocenters. The molecule has 2 heterocycles. The number of Topliss-reactive ketones (excluding diaryl/α,β-unsaturated/α-hetero) is 1. The van der Waals surface area contributed by atoms with Gasteiger partial charge in [-0.25, -0.2) is 4.98 Å². The number of rotatable bonds is 18. The first kappa shape index (κ1) is 47.4. The van der Waals surface area contributed by atoms with E-state index in [-0.39, 0.29) is 18.4 Å². The van der Waals surface area contributed by atoms with Crippen LogP contribution >= 0.6 is 0 Å². The van der Waals surface area contributed by atoms with Gasteiger partial charge in [0.2, 0.25) is 6.41 Å². The van der Waals surface area contributed by atoms with Crippen molar-refractivity contribution in [1.29, 1.82) is 0 Å². The number of carbonyl (C=O) groups excluding carboxylic acids is 2. The number of ketones is 1. The maximum absolute atomic E-state index is 11.5. The first-order valence-electron chi connectivity index (χ1n) is 20.4. The van der Waals surface area contributed by atoms with Crippen LogP contribution in [0.5, 0.6) is 0 Å². The second-order valence-electron chi connectivity index (χ2n) is 14.2. The second kappa shape index (κ2) is 27.0. The molecular weight excluding hydrogens is 659 g/mol. The van der Waals surface area contributed by atoms with E-state index in [1.54, 1.807) is 0 Å². The van der Waals surface area contributed by atoms with Crippen molar-refractivity contribution in [2.24, 2.45) is 7.05 Å². The van der Waals surface area contributed by atoms with E-state index in [1.807, 2.05) is 49.2 Å². The number of likely N-dealkylation sites (tertiary alicyclic amines) is 1. The van der Waals surface area contributed by atoms with Crippen molar-refractivity contribution in [3.8, 4) is 0 Å². The highest BCUT2D eigenvalue weighted by Crippen LogP contribution is 2.21. The standard InChI is InChI=1S/C20H28N2O3.C13H29N.C10H12N2.C2H6/c1-16-6-4-5-7-19(16)8-11-22(15-23)20-9-12-21(13-10-20)18(3)25-14-17(2)24;1-5-9-13(10-6-2)14(11-7-3)12-8-4;1-7-4-8(2)10-9(5-7)11-6-12(10)3;1-2/h4-7,15,20H,3,8-14H2,1-2H3;13H,5-12H2,1-4H3;4-6H,1-3H3;1-2H3. The summed E-state index contributed by atoms with van der Waals surface area (Å²) in [4.78, 5) is 33.5. The van der Waals surface area contributed by atoms with Crippen LogP contribution in [0.15, 0.2) is 55.2 Å². The summed E-state index contributed by atoms with van der Waals surface area (Å²) >= 11 is 0. The quantitative estimate of drug-likeness (QED) is 0.0958. The summed E-state index contributed by atoms with van der Waals surface area (Å²) in [6.07, 6.45) is 13.5. The van der Waals surface area contributed by atoms with Gasteiger partial charge in [0.1, 0.15) is 6.61 Å². The smallest absolute Gasteiger partial charge is 0.209 e. The first-order chi connectivity index (χ1) is 25.5. The molecule has 2 aromatic carbocycles. The van der Waals surface area contributed by atoms with Crippen LogP contribution in [0.4, 0.5) is 0 Å². The SMILES string of the molecule is C=C(OCC(C)=O)N1CCC(N(C=O)CCc2ccccc2C)CC1.CC.CCCC(CCC)N(CCC)CCC.Cc1cc(C)c2c(c1)ncn2C. The van der Waals surface area contributed by atoms with E-state index in [4.69, 9.17) is 4.74 Å². The van der Waals surface area contributed by atoms with Gasteiger partial charge >= 0.3 is 0 Å². The molecule has 8 heteroatoms. The van der Waals surface area contributed by atoms with Crippen LogP contribution in [0.25, 0.3) is 11.0 Å². The van der Waals surface area contributed by atoms with Crippen molar-refractivity contribution in [2.45, 2.75) is 139 Å². The van der Waals surface area contributed by atoms with Gasteiger partial charge < -0.3 is 24.0 Å². The van der Waals surface area contributed by atoms with E-state index in [1.165, 1.54) is 86.3 Å². The minimum atomic E-state index is -0.0145. The Morgan fingerprint density at radius 3 is 2.08 bits per heavy atom. The highest BCUT2D eigenvalue weighted by Gasteiger charge is 2.25. The van der Waals surface area contributed by atoms with Gasteiger partial charge in [-0.1, -0.05) is 84.7 Å².